The Kier molecular flexibility index (Phi) is 7.85. The molecule has 2 aliphatic heterocycles. The molecule has 192 valence electrons. The third-order valence-corrected chi connectivity index (χ3v) is 7.96. The molecule has 1 saturated heterocycles. The molecule has 2 aromatic rings. The monoisotopic (exact) mass is 490 g/mol. The molecular formula is C29H38N4O3. The van der Waals surface area contributed by atoms with Gasteiger partial charge >= 0.3 is 0 Å². The number of piperidine rings is 1. The number of amides is 3. The third kappa shape index (κ3) is 5.26. The Morgan fingerprint density at radius 1 is 0.861 bits per heavy atom. The molecule has 5 rings (SSSR count). The number of imide groups is 1. The number of carbonyl (C=O) groups is 3. The lowest BCUT2D eigenvalue weighted by Crippen LogP contribution is -2.53. The molecule has 3 amide bonds. The molecule has 1 aliphatic carbocycles. The highest BCUT2D eigenvalue weighted by molar-refractivity contribution is 6.28. The minimum absolute atomic E-state index is 0.166. The van der Waals surface area contributed by atoms with Crippen molar-refractivity contribution >= 4 is 39.9 Å². The second-order valence-electron chi connectivity index (χ2n) is 10.5. The van der Waals surface area contributed by atoms with Gasteiger partial charge in [-0.05, 0) is 56.8 Å². The summed E-state index contributed by atoms with van der Waals surface area (Å²) in [7, 11) is 0. The maximum absolute atomic E-state index is 13.2. The Labute approximate surface area is 213 Å². The van der Waals surface area contributed by atoms with E-state index in [2.05, 4.69) is 16.0 Å². The Balaban J connectivity index is 1.12. The van der Waals surface area contributed by atoms with Crippen LogP contribution in [0.1, 0.15) is 87.4 Å². The summed E-state index contributed by atoms with van der Waals surface area (Å²) in [5.74, 6) is -0.839. The lowest BCUT2D eigenvalue weighted by molar-refractivity contribution is -0.134. The lowest BCUT2D eigenvalue weighted by atomic mass is 9.95. The van der Waals surface area contributed by atoms with E-state index in [0.717, 1.165) is 47.7 Å². The molecule has 2 heterocycles. The molecule has 0 radical (unpaired) electrons. The number of hydrogen-bond acceptors (Lipinski definition) is 5. The fraction of sp³-hybridized carbons (Fsp3) is 0.552. The number of unbranched alkanes of at least 4 members (excludes halogenated alkanes) is 4. The Bertz CT molecular complexity index is 1120. The molecular weight excluding hydrogens is 452 g/mol. The maximum atomic E-state index is 13.2. The van der Waals surface area contributed by atoms with Gasteiger partial charge in [0.15, 0.2) is 0 Å². The zero-order valence-corrected chi connectivity index (χ0v) is 21.1. The van der Waals surface area contributed by atoms with Crippen molar-refractivity contribution in [3.05, 3.63) is 35.9 Å². The van der Waals surface area contributed by atoms with Gasteiger partial charge in [0.2, 0.25) is 11.8 Å². The summed E-state index contributed by atoms with van der Waals surface area (Å²) in [6.45, 7) is 2.04. The first-order chi connectivity index (χ1) is 17.6. The second-order valence-corrected chi connectivity index (χ2v) is 10.5. The van der Waals surface area contributed by atoms with Gasteiger partial charge in [0.05, 0.1) is 5.69 Å². The van der Waals surface area contributed by atoms with Crippen LogP contribution in [0.2, 0.25) is 0 Å². The zero-order valence-electron chi connectivity index (χ0n) is 21.1. The van der Waals surface area contributed by atoms with Gasteiger partial charge in [-0.2, -0.15) is 0 Å². The van der Waals surface area contributed by atoms with Crippen LogP contribution in [0.3, 0.4) is 0 Å². The van der Waals surface area contributed by atoms with E-state index in [9.17, 15) is 14.4 Å². The minimum Gasteiger partial charge on any atom is -0.385 e. The second kappa shape index (κ2) is 11.4. The van der Waals surface area contributed by atoms with Crippen molar-refractivity contribution in [1.82, 2.24) is 10.6 Å². The van der Waals surface area contributed by atoms with Crippen LogP contribution in [-0.2, 0) is 9.59 Å². The molecule has 7 nitrogen and oxygen atoms in total. The minimum atomic E-state index is -0.650. The molecule has 1 unspecified atom stereocenters. The molecule has 3 aliphatic rings. The van der Waals surface area contributed by atoms with Crippen LogP contribution in [0.5, 0.6) is 0 Å². The van der Waals surface area contributed by atoms with Gasteiger partial charge in [-0.3, -0.25) is 24.6 Å². The van der Waals surface area contributed by atoms with Gasteiger partial charge in [0.25, 0.3) is 5.91 Å². The SMILES string of the molecule is O=C1CCC(N2C(=O)c3cccc4c(NCCCCCCCNC5CCCCC5)ccc2c34)C(=O)N1. The predicted octanol–water partition coefficient (Wildman–Crippen LogP) is 4.89. The van der Waals surface area contributed by atoms with E-state index in [1.807, 2.05) is 30.3 Å². The highest BCUT2D eigenvalue weighted by Gasteiger charge is 2.40. The summed E-state index contributed by atoms with van der Waals surface area (Å²) in [6.07, 6.45) is 13.6. The Morgan fingerprint density at radius 2 is 1.64 bits per heavy atom. The first-order valence-corrected chi connectivity index (χ1v) is 13.8. The largest absolute Gasteiger partial charge is 0.385 e. The maximum Gasteiger partial charge on any atom is 0.259 e. The molecule has 0 aromatic heterocycles. The van der Waals surface area contributed by atoms with Crippen molar-refractivity contribution in [2.75, 3.05) is 23.3 Å². The summed E-state index contributed by atoms with van der Waals surface area (Å²) >= 11 is 0. The Morgan fingerprint density at radius 3 is 2.44 bits per heavy atom. The average molecular weight is 491 g/mol. The first-order valence-electron chi connectivity index (χ1n) is 13.8. The molecule has 2 aromatic carbocycles. The van der Waals surface area contributed by atoms with E-state index in [4.69, 9.17) is 0 Å². The number of nitrogens with one attached hydrogen (secondary N) is 3. The van der Waals surface area contributed by atoms with E-state index < -0.39 is 11.9 Å². The van der Waals surface area contributed by atoms with Crippen molar-refractivity contribution < 1.29 is 14.4 Å². The lowest BCUT2D eigenvalue weighted by Gasteiger charge is -2.30. The van der Waals surface area contributed by atoms with Crippen molar-refractivity contribution in [2.45, 2.75) is 89.1 Å². The quantitative estimate of drug-likeness (QED) is 0.308. The van der Waals surface area contributed by atoms with Gasteiger partial charge in [-0.25, -0.2) is 0 Å². The van der Waals surface area contributed by atoms with Gasteiger partial charge < -0.3 is 10.6 Å². The normalized spacial score (nSPS) is 20.3. The molecule has 1 saturated carbocycles. The van der Waals surface area contributed by atoms with Crippen molar-refractivity contribution in [2.24, 2.45) is 0 Å². The first kappa shape index (κ1) is 24.8. The molecule has 0 spiro atoms. The summed E-state index contributed by atoms with van der Waals surface area (Å²) in [6, 6.07) is 9.81. The predicted molar refractivity (Wildman–Crippen MR) is 143 cm³/mol. The van der Waals surface area contributed by atoms with Crippen LogP contribution in [0.25, 0.3) is 10.8 Å². The van der Waals surface area contributed by atoms with E-state index in [-0.39, 0.29) is 18.2 Å². The van der Waals surface area contributed by atoms with Crippen LogP contribution < -0.4 is 20.9 Å². The number of hydrogen-bond donors (Lipinski definition) is 3. The van der Waals surface area contributed by atoms with E-state index >= 15 is 0 Å². The van der Waals surface area contributed by atoms with E-state index in [1.165, 1.54) is 57.8 Å². The van der Waals surface area contributed by atoms with Crippen LogP contribution in [-0.4, -0.2) is 42.9 Å². The highest BCUT2D eigenvalue weighted by Crippen LogP contribution is 2.42. The smallest absolute Gasteiger partial charge is 0.259 e. The zero-order chi connectivity index (χ0) is 24.9. The molecule has 2 fully saturated rings. The van der Waals surface area contributed by atoms with Gasteiger partial charge in [-0.1, -0.05) is 50.7 Å². The number of rotatable bonds is 11. The van der Waals surface area contributed by atoms with Crippen LogP contribution in [0.4, 0.5) is 11.4 Å². The number of nitrogens with zero attached hydrogens (tertiary/aromatic N) is 1. The van der Waals surface area contributed by atoms with Crippen LogP contribution in [0, 0.1) is 0 Å². The summed E-state index contributed by atoms with van der Waals surface area (Å²) in [4.78, 5) is 38.9. The van der Waals surface area contributed by atoms with E-state index in [0.29, 0.717) is 12.0 Å². The van der Waals surface area contributed by atoms with Gasteiger partial charge in [0, 0.05) is 41.0 Å². The van der Waals surface area contributed by atoms with Gasteiger partial charge in [-0.15, -0.1) is 0 Å². The topological polar surface area (TPSA) is 90.5 Å². The van der Waals surface area contributed by atoms with E-state index in [1.54, 1.807) is 4.90 Å². The molecule has 7 heteroatoms. The molecule has 36 heavy (non-hydrogen) atoms. The summed E-state index contributed by atoms with van der Waals surface area (Å²) in [5, 5.41) is 11.6. The third-order valence-electron chi connectivity index (χ3n) is 7.96. The molecule has 1 atom stereocenters. The van der Waals surface area contributed by atoms with Crippen molar-refractivity contribution in [1.29, 1.82) is 0 Å². The van der Waals surface area contributed by atoms with Gasteiger partial charge in [0.1, 0.15) is 6.04 Å². The van der Waals surface area contributed by atoms with Crippen LogP contribution in [0.15, 0.2) is 30.3 Å². The van der Waals surface area contributed by atoms with Crippen molar-refractivity contribution in [3.63, 3.8) is 0 Å². The number of benzene rings is 2. The molecule has 0 bridgehead atoms. The van der Waals surface area contributed by atoms with Crippen molar-refractivity contribution in [3.8, 4) is 0 Å². The summed E-state index contributed by atoms with van der Waals surface area (Å²) < 4.78 is 0. The summed E-state index contributed by atoms with van der Waals surface area (Å²) in [5.41, 5.74) is 2.40. The number of anilines is 2. The highest BCUT2D eigenvalue weighted by atomic mass is 16.2. The average Bonchev–Trinajstić information content (AvgIpc) is 3.17. The Hall–Kier alpha value is -2.93. The fourth-order valence-corrected chi connectivity index (χ4v) is 6.01. The number of carbonyl (C=O) groups excluding carboxylic acids is 3. The van der Waals surface area contributed by atoms with Crippen LogP contribution >= 0.6 is 0 Å². The fourth-order valence-electron chi connectivity index (χ4n) is 6.01. The standard InChI is InChI=1S/C29H38N4O3/c34-26-17-16-25(28(35)32-26)33-24-15-14-23(21-12-9-13-22(27(21)24)29(33)36)31-19-8-3-1-2-7-18-30-20-10-5-4-6-11-20/h9,12-15,20,25,30-31H,1-8,10-11,16-19H2,(H,32,34,35). The molecule has 3 N–H and O–H groups in total.